The molecular formula is C15H17ClFN5S. The van der Waals surface area contributed by atoms with Gasteiger partial charge in [0.15, 0.2) is 5.82 Å². The summed E-state index contributed by atoms with van der Waals surface area (Å²) < 4.78 is 13.2. The molecule has 1 saturated heterocycles. The Morgan fingerprint density at radius 3 is 2.70 bits per heavy atom. The predicted octanol–water partition coefficient (Wildman–Crippen LogP) is 3.38. The van der Waals surface area contributed by atoms with Crippen LogP contribution in [0.2, 0.25) is 5.02 Å². The summed E-state index contributed by atoms with van der Waals surface area (Å²) in [5.74, 6) is 1.01. The zero-order valence-corrected chi connectivity index (χ0v) is 13.9. The Kier molecular flexibility index (Phi) is 4.77. The van der Waals surface area contributed by atoms with Gasteiger partial charge in [0.2, 0.25) is 0 Å². The highest BCUT2D eigenvalue weighted by atomic mass is 35.5. The smallest absolute Gasteiger partial charge is 0.158 e. The number of halogens is 2. The standard InChI is InChI=1S/C15H17ClFN5S/c16-13-10(18)2-1-3-11(13)23-15-14(19)21-12(8-20-15)22-6-4-9(17)5-7-22/h1-3,8-9H,4-7,18H2,(H2,19,21). The molecule has 5 nitrogen and oxygen atoms in total. The summed E-state index contributed by atoms with van der Waals surface area (Å²) >= 11 is 7.51. The van der Waals surface area contributed by atoms with Crippen LogP contribution in [0.15, 0.2) is 34.3 Å². The van der Waals surface area contributed by atoms with Gasteiger partial charge in [-0.15, -0.1) is 0 Å². The lowest BCUT2D eigenvalue weighted by molar-refractivity contribution is 0.276. The first-order chi connectivity index (χ1) is 11.0. The number of nitrogens with two attached hydrogens (primary N) is 2. The minimum absolute atomic E-state index is 0.327. The molecular weight excluding hydrogens is 337 g/mol. The van der Waals surface area contributed by atoms with E-state index in [-0.39, 0.29) is 0 Å². The summed E-state index contributed by atoms with van der Waals surface area (Å²) in [5, 5.41) is 1.05. The summed E-state index contributed by atoms with van der Waals surface area (Å²) in [6.45, 7) is 1.26. The highest BCUT2D eigenvalue weighted by molar-refractivity contribution is 7.99. The van der Waals surface area contributed by atoms with E-state index in [1.54, 1.807) is 12.3 Å². The molecule has 8 heteroatoms. The van der Waals surface area contributed by atoms with Crippen molar-refractivity contribution in [2.45, 2.75) is 28.9 Å². The minimum Gasteiger partial charge on any atom is -0.397 e. The molecule has 122 valence electrons. The molecule has 2 heterocycles. The summed E-state index contributed by atoms with van der Waals surface area (Å²) in [7, 11) is 0. The lowest BCUT2D eigenvalue weighted by atomic mass is 10.1. The fourth-order valence-corrected chi connectivity index (χ4v) is 3.46. The normalized spacial score (nSPS) is 15.8. The predicted molar refractivity (Wildman–Crippen MR) is 92.8 cm³/mol. The summed E-state index contributed by atoms with van der Waals surface area (Å²) in [4.78, 5) is 11.6. The lowest BCUT2D eigenvalue weighted by Crippen LogP contribution is -2.35. The van der Waals surface area contributed by atoms with Crippen LogP contribution in [-0.2, 0) is 0 Å². The monoisotopic (exact) mass is 353 g/mol. The van der Waals surface area contributed by atoms with Gasteiger partial charge in [-0.25, -0.2) is 14.4 Å². The van der Waals surface area contributed by atoms with E-state index in [4.69, 9.17) is 23.1 Å². The number of anilines is 3. The third-order valence-electron chi connectivity index (χ3n) is 3.70. The van der Waals surface area contributed by atoms with Crippen molar-refractivity contribution in [3.05, 3.63) is 29.4 Å². The molecule has 2 aromatic rings. The van der Waals surface area contributed by atoms with Crippen LogP contribution < -0.4 is 16.4 Å². The van der Waals surface area contributed by atoms with Gasteiger partial charge in [-0.1, -0.05) is 29.4 Å². The van der Waals surface area contributed by atoms with Crippen molar-refractivity contribution in [1.82, 2.24) is 9.97 Å². The molecule has 0 saturated carbocycles. The van der Waals surface area contributed by atoms with Crippen LogP contribution in [-0.4, -0.2) is 29.2 Å². The van der Waals surface area contributed by atoms with Gasteiger partial charge in [-0.3, -0.25) is 0 Å². The molecule has 1 aliphatic rings. The molecule has 0 amide bonds. The maximum absolute atomic E-state index is 13.2. The number of aromatic nitrogens is 2. The van der Waals surface area contributed by atoms with E-state index in [1.807, 2.05) is 17.0 Å². The Labute approximate surface area is 143 Å². The van der Waals surface area contributed by atoms with Gasteiger partial charge >= 0.3 is 0 Å². The van der Waals surface area contributed by atoms with Gasteiger partial charge in [0.25, 0.3) is 0 Å². The van der Waals surface area contributed by atoms with E-state index in [0.29, 0.717) is 53.3 Å². The van der Waals surface area contributed by atoms with Crippen molar-refractivity contribution in [1.29, 1.82) is 0 Å². The fraction of sp³-hybridized carbons (Fsp3) is 0.333. The second kappa shape index (κ2) is 6.80. The second-order valence-corrected chi connectivity index (χ2v) is 6.75. The summed E-state index contributed by atoms with van der Waals surface area (Å²) in [6.07, 6.45) is 1.96. The maximum Gasteiger partial charge on any atom is 0.158 e. The lowest BCUT2D eigenvalue weighted by Gasteiger charge is -2.29. The van der Waals surface area contributed by atoms with E-state index in [0.717, 1.165) is 4.90 Å². The van der Waals surface area contributed by atoms with E-state index in [1.165, 1.54) is 11.8 Å². The highest BCUT2D eigenvalue weighted by Gasteiger charge is 2.20. The van der Waals surface area contributed by atoms with Crippen molar-refractivity contribution < 1.29 is 4.39 Å². The third-order valence-corrected chi connectivity index (χ3v) is 5.30. The van der Waals surface area contributed by atoms with Crippen molar-refractivity contribution in [3.63, 3.8) is 0 Å². The number of hydrogen-bond acceptors (Lipinski definition) is 6. The van der Waals surface area contributed by atoms with Crippen LogP contribution in [0.5, 0.6) is 0 Å². The quantitative estimate of drug-likeness (QED) is 0.823. The molecule has 23 heavy (non-hydrogen) atoms. The average molecular weight is 354 g/mol. The molecule has 4 N–H and O–H groups in total. The van der Waals surface area contributed by atoms with Crippen LogP contribution in [0.4, 0.5) is 21.7 Å². The van der Waals surface area contributed by atoms with Crippen LogP contribution in [0.25, 0.3) is 0 Å². The Morgan fingerprint density at radius 2 is 2.00 bits per heavy atom. The zero-order chi connectivity index (χ0) is 16.4. The van der Waals surface area contributed by atoms with Gasteiger partial charge in [0, 0.05) is 18.0 Å². The largest absolute Gasteiger partial charge is 0.397 e. The first-order valence-corrected chi connectivity index (χ1v) is 8.47. The number of nitrogens with zero attached hydrogens (tertiary/aromatic N) is 3. The number of nitrogen functional groups attached to an aromatic ring is 2. The fourth-order valence-electron chi connectivity index (χ4n) is 2.40. The third kappa shape index (κ3) is 3.61. The molecule has 0 spiro atoms. The topological polar surface area (TPSA) is 81.1 Å². The maximum atomic E-state index is 13.2. The Morgan fingerprint density at radius 1 is 1.26 bits per heavy atom. The van der Waals surface area contributed by atoms with Crippen molar-refractivity contribution in [2.75, 3.05) is 29.5 Å². The van der Waals surface area contributed by atoms with Crippen molar-refractivity contribution >= 4 is 40.7 Å². The molecule has 0 atom stereocenters. The highest BCUT2D eigenvalue weighted by Crippen LogP contribution is 2.37. The Hall–Kier alpha value is -1.73. The zero-order valence-electron chi connectivity index (χ0n) is 12.4. The molecule has 1 aliphatic heterocycles. The van der Waals surface area contributed by atoms with Crippen molar-refractivity contribution in [3.8, 4) is 0 Å². The van der Waals surface area contributed by atoms with Gasteiger partial charge in [-0.05, 0) is 25.0 Å². The van der Waals surface area contributed by atoms with Gasteiger partial charge in [0.05, 0.1) is 16.9 Å². The number of rotatable bonds is 3. The van der Waals surface area contributed by atoms with Crippen LogP contribution in [0.1, 0.15) is 12.8 Å². The Balaban J connectivity index is 1.78. The van der Waals surface area contributed by atoms with Crippen LogP contribution in [0.3, 0.4) is 0 Å². The summed E-state index contributed by atoms with van der Waals surface area (Å²) in [5.41, 5.74) is 12.3. The SMILES string of the molecule is Nc1cccc(Sc2ncc(N3CCC(F)CC3)nc2N)c1Cl. The molecule has 0 aliphatic carbocycles. The minimum atomic E-state index is -0.725. The summed E-state index contributed by atoms with van der Waals surface area (Å²) in [6, 6.07) is 5.41. The average Bonchev–Trinajstić information content (AvgIpc) is 2.54. The number of hydrogen-bond donors (Lipinski definition) is 2. The van der Waals surface area contributed by atoms with Gasteiger partial charge < -0.3 is 16.4 Å². The van der Waals surface area contributed by atoms with Crippen molar-refractivity contribution in [2.24, 2.45) is 0 Å². The van der Waals surface area contributed by atoms with Crippen LogP contribution in [0, 0.1) is 0 Å². The van der Waals surface area contributed by atoms with E-state index in [2.05, 4.69) is 9.97 Å². The Bertz CT molecular complexity index is 706. The molecule has 1 fully saturated rings. The first kappa shape index (κ1) is 16.1. The number of benzene rings is 1. The van der Waals surface area contributed by atoms with Crippen LogP contribution >= 0.6 is 23.4 Å². The second-order valence-electron chi connectivity index (χ2n) is 5.34. The van der Waals surface area contributed by atoms with Gasteiger partial charge in [-0.2, -0.15) is 0 Å². The first-order valence-electron chi connectivity index (χ1n) is 7.28. The van der Waals surface area contributed by atoms with Gasteiger partial charge in [0.1, 0.15) is 17.0 Å². The molecule has 3 rings (SSSR count). The number of piperidine rings is 1. The molecule has 0 bridgehead atoms. The van der Waals surface area contributed by atoms with E-state index in [9.17, 15) is 4.39 Å². The molecule has 1 aromatic heterocycles. The molecule has 0 radical (unpaired) electrons. The molecule has 1 aromatic carbocycles. The van der Waals surface area contributed by atoms with E-state index >= 15 is 0 Å². The number of alkyl halides is 1. The molecule has 0 unspecified atom stereocenters. The van der Waals surface area contributed by atoms with E-state index < -0.39 is 6.17 Å².